The average Bonchev–Trinajstić information content (AvgIpc) is 1.99. The lowest BCUT2D eigenvalue weighted by Gasteiger charge is -2.05. The summed E-state index contributed by atoms with van der Waals surface area (Å²) in [5.74, 6) is -0.859. The van der Waals surface area contributed by atoms with Crippen LogP contribution in [-0.2, 0) is 11.2 Å². The van der Waals surface area contributed by atoms with Crippen LogP contribution in [0.4, 0.5) is 13.2 Å². The number of alkyl halides is 3. The molecule has 1 aromatic heterocycles. The highest BCUT2D eigenvalue weighted by atomic mass is 79.9. The molecule has 0 N–H and O–H groups in total. The van der Waals surface area contributed by atoms with Crippen molar-refractivity contribution in [2.75, 3.05) is 0 Å². The Morgan fingerprint density at radius 3 is 2.60 bits per heavy atom. The number of hydrogen-bond donors (Lipinski definition) is 0. The third-order valence-electron chi connectivity index (χ3n) is 1.56. The number of hydrogen-bond acceptors (Lipinski definition) is 2. The molecule has 82 valence electrons. The maximum absolute atomic E-state index is 11.8. The number of rotatable bonds is 3. The van der Waals surface area contributed by atoms with Crippen molar-refractivity contribution >= 4 is 21.7 Å². The largest absolute Gasteiger partial charge is 0.395 e. The van der Waals surface area contributed by atoms with Crippen molar-refractivity contribution in [3.63, 3.8) is 0 Å². The van der Waals surface area contributed by atoms with E-state index in [0.717, 1.165) is 0 Å². The average molecular weight is 282 g/mol. The molecule has 0 aliphatic carbocycles. The Kier molecular flexibility index (Phi) is 3.84. The van der Waals surface area contributed by atoms with Crippen LogP contribution in [-0.4, -0.2) is 16.9 Å². The van der Waals surface area contributed by atoms with Crippen molar-refractivity contribution in [3.05, 3.63) is 28.5 Å². The molecule has 1 rings (SSSR count). The van der Waals surface area contributed by atoms with Crippen LogP contribution < -0.4 is 0 Å². The standard InChI is InChI=1S/C9H7BrF3NO/c10-7-1-6(4-14-5-7)2-8(15)3-9(11,12)13/h1,4-5H,2-3H2. The molecule has 0 bridgehead atoms. The second-order valence-corrected chi connectivity index (χ2v) is 3.93. The SMILES string of the molecule is O=C(Cc1cncc(Br)c1)CC(F)(F)F. The Bertz CT molecular complexity index is 365. The molecule has 0 unspecified atom stereocenters. The normalized spacial score (nSPS) is 11.5. The van der Waals surface area contributed by atoms with Gasteiger partial charge in [0.2, 0.25) is 0 Å². The topological polar surface area (TPSA) is 30.0 Å². The van der Waals surface area contributed by atoms with Crippen molar-refractivity contribution in [1.82, 2.24) is 4.98 Å². The van der Waals surface area contributed by atoms with Crippen molar-refractivity contribution < 1.29 is 18.0 Å². The summed E-state index contributed by atoms with van der Waals surface area (Å²) in [6.07, 6.45) is -3.20. The lowest BCUT2D eigenvalue weighted by molar-refractivity contribution is -0.151. The summed E-state index contributed by atoms with van der Waals surface area (Å²) in [6, 6.07) is 1.57. The van der Waals surface area contributed by atoms with E-state index in [-0.39, 0.29) is 6.42 Å². The second-order valence-electron chi connectivity index (χ2n) is 3.02. The van der Waals surface area contributed by atoms with Gasteiger partial charge in [0.15, 0.2) is 0 Å². The number of nitrogens with zero attached hydrogens (tertiary/aromatic N) is 1. The van der Waals surface area contributed by atoms with E-state index < -0.39 is 18.4 Å². The number of aromatic nitrogens is 1. The highest BCUT2D eigenvalue weighted by Gasteiger charge is 2.30. The van der Waals surface area contributed by atoms with Gasteiger partial charge >= 0.3 is 6.18 Å². The molecule has 0 atom stereocenters. The van der Waals surface area contributed by atoms with Crippen molar-refractivity contribution in [1.29, 1.82) is 0 Å². The summed E-state index contributed by atoms with van der Waals surface area (Å²) in [5.41, 5.74) is 0.471. The van der Waals surface area contributed by atoms with E-state index in [4.69, 9.17) is 0 Å². The molecule has 0 amide bonds. The van der Waals surface area contributed by atoms with Gasteiger partial charge in [0.1, 0.15) is 12.2 Å². The molecule has 0 spiro atoms. The lowest BCUT2D eigenvalue weighted by atomic mass is 10.1. The fourth-order valence-electron chi connectivity index (χ4n) is 1.07. The van der Waals surface area contributed by atoms with E-state index in [1.807, 2.05) is 0 Å². The molecular weight excluding hydrogens is 275 g/mol. The van der Waals surface area contributed by atoms with E-state index in [9.17, 15) is 18.0 Å². The van der Waals surface area contributed by atoms with Crippen LogP contribution in [0.5, 0.6) is 0 Å². The van der Waals surface area contributed by atoms with E-state index in [1.165, 1.54) is 12.4 Å². The molecule has 0 saturated heterocycles. The second kappa shape index (κ2) is 4.74. The molecule has 1 aromatic rings. The fourth-order valence-corrected chi connectivity index (χ4v) is 1.48. The van der Waals surface area contributed by atoms with Gasteiger partial charge in [0.05, 0.1) is 0 Å². The zero-order valence-electron chi connectivity index (χ0n) is 7.51. The number of ketones is 1. The summed E-state index contributed by atoms with van der Waals surface area (Å²) in [4.78, 5) is 14.7. The van der Waals surface area contributed by atoms with Crippen LogP contribution in [0.2, 0.25) is 0 Å². The first kappa shape index (κ1) is 12.2. The summed E-state index contributed by atoms with van der Waals surface area (Å²) in [7, 11) is 0. The molecule has 0 aliphatic rings. The van der Waals surface area contributed by atoms with Crippen LogP contribution in [0.3, 0.4) is 0 Å². The van der Waals surface area contributed by atoms with Gasteiger partial charge in [-0.05, 0) is 27.6 Å². The maximum Gasteiger partial charge on any atom is 0.395 e. The Morgan fingerprint density at radius 1 is 1.40 bits per heavy atom. The van der Waals surface area contributed by atoms with E-state index in [1.54, 1.807) is 6.07 Å². The number of pyridine rings is 1. The number of Topliss-reactive ketones (excluding diaryl/α,β-unsaturated/α-hetero) is 1. The molecule has 6 heteroatoms. The molecule has 2 nitrogen and oxygen atoms in total. The van der Waals surface area contributed by atoms with Crippen molar-refractivity contribution in [3.8, 4) is 0 Å². The van der Waals surface area contributed by atoms with Gasteiger partial charge in [-0.2, -0.15) is 13.2 Å². The monoisotopic (exact) mass is 281 g/mol. The minimum atomic E-state index is -4.43. The summed E-state index contributed by atoms with van der Waals surface area (Å²) >= 11 is 3.12. The number of carbonyl (C=O) groups excluding carboxylic acids is 1. The zero-order chi connectivity index (χ0) is 11.5. The number of carbonyl (C=O) groups is 1. The van der Waals surface area contributed by atoms with E-state index in [0.29, 0.717) is 10.0 Å². The molecule has 1 heterocycles. The first-order chi connectivity index (χ1) is 6.87. The van der Waals surface area contributed by atoms with Gasteiger partial charge in [-0.25, -0.2) is 0 Å². The molecule has 0 fully saturated rings. The lowest BCUT2D eigenvalue weighted by Crippen LogP contribution is -2.16. The molecular formula is C9H7BrF3NO. The Labute approximate surface area is 92.6 Å². The zero-order valence-corrected chi connectivity index (χ0v) is 9.10. The van der Waals surface area contributed by atoms with E-state index in [2.05, 4.69) is 20.9 Å². The van der Waals surface area contributed by atoms with Crippen LogP contribution in [0, 0.1) is 0 Å². The first-order valence-corrected chi connectivity index (χ1v) is 4.84. The van der Waals surface area contributed by atoms with Crippen molar-refractivity contribution in [2.24, 2.45) is 0 Å². The van der Waals surface area contributed by atoms with E-state index >= 15 is 0 Å². The minimum absolute atomic E-state index is 0.244. The van der Waals surface area contributed by atoms with Gasteiger partial charge < -0.3 is 0 Å². The molecule has 0 aliphatic heterocycles. The fraction of sp³-hybridized carbons (Fsp3) is 0.333. The molecule has 0 saturated carbocycles. The third kappa shape index (κ3) is 4.92. The molecule has 15 heavy (non-hydrogen) atoms. The molecule has 0 aromatic carbocycles. The van der Waals surface area contributed by atoms with Crippen LogP contribution in [0.25, 0.3) is 0 Å². The smallest absolute Gasteiger partial charge is 0.299 e. The summed E-state index contributed by atoms with van der Waals surface area (Å²) < 4.78 is 36.2. The first-order valence-electron chi connectivity index (χ1n) is 4.05. The van der Waals surface area contributed by atoms with Gasteiger partial charge in [0.25, 0.3) is 0 Å². The summed E-state index contributed by atoms with van der Waals surface area (Å²) in [6.45, 7) is 0. The van der Waals surface area contributed by atoms with Crippen molar-refractivity contribution in [2.45, 2.75) is 19.0 Å². The highest BCUT2D eigenvalue weighted by Crippen LogP contribution is 2.21. The van der Waals surface area contributed by atoms with Gasteiger partial charge in [0, 0.05) is 23.3 Å². The van der Waals surface area contributed by atoms with Gasteiger partial charge in [-0.1, -0.05) is 0 Å². The summed E-state index contributed by atoms with van der Waals surface area (Å²) in [5, 5.41) is 0. The Morgan fingerprint density at radius 2 is 2.07 bits per heavy atom. The molecule has 0 radical (unpaired) electrons. The predicted molar refractivity (Wildman–Crippen MR) is 51.3 cm³/mol. The third-order valence-corrected chi connectivity index (χ3v) is 1.99. The quantitative estimate of drug-likeness (QED) is 0.853. The maximum atomic E-state index is 11.8. The van der Waals surface area contributed by atoms with Gasteiger partial charge in [-0.15, -0.1) is 0 Å². The minimum Gasteiger partial charge on any atom is -0.299 e. The predicted octanol–water partition coefficient (Wildman–Crippen LogP) is 2.91. The van der Waals surface area contributed by atoms with Crippen LogP contribution >= 0.6 is 15.9 Å². The van der Waals surface area contributed by atoms with Crippen LogP contribution in [0.15, 0.2) is 22.9 Å². The Balaban J connectivity index is 2.59. The van der Waals surface area contributed by atoms with Crippen LogP contribution in [0.1, 0.15) is 12.0 Å². The number of halogens is 4. The highest BCUT2D eigenvalue weighted by molar-refractivity contribution is 9.10. The van der Waals surface area contributed by atoms with Gasteiger partial charge in [-0.3, -0.25) is 9.78 Å². The Hall–Kier alpha value is -0.910.